The van der Waals surface area contributed by atoms with Crippen molar-refractivity contribution in [1.82, 2.24) is 10.2 Å². The Hall–Kier alpha value is -3.95. The molecule has 2 aromatic carbocycles. The van der Waals surface area contributed by atoms with Crippen LogP contribution < -0.4 is 19.5 Å². The molecule has 0 aliphatic rings. The predicted octanol–water partition coefficient (Wildman–Crippen LogP) is 4.04. The van der Waals surface area contributed by atoms with Crippen molar-refractivity contribution in [3.8, 4) is 23.3 Å². The summed E-state index contributed by atoms with van der Waals surface area (Å²) in [6.45, 7) is 6.29. The van der Waals surface area contributed by atoms with Gasteiger partial charge in [-0.3, -0.25) is 10.1 Å². The highest BCUT2D eigenvalue weighted by Crippen LogP contribution is 2.30. The third-order valence-corrected chi connectivity index (χ3v) is 7.93. The van der Waals surface area contributed by atoms with Crippen LogP contribution in [-0.2, 0) is 14.6 Å². The second-order valence-corrected chi connectivity index (χ2v) is 10.9. The summed E-state index contributed by atoms with van der Waals surface area (Å²) in [6.07, 6.45) is 1.38. The van der Waals surface area contributed by atoms with E-state index >= 15 is 0 Å². The van der Waals surface area contributed by atoms with E-state index in [4.69, 9.17) is 14.2 Å². The summed E-state index contributed by atoms with van der Waals surface area (Å²) in [7, 11) is -3.55. The molecule has 0 unspecified atom stereocenters. The number of benzene rings is 2. The van der Waals surface area contributed by atoms with Crippen molar-refractivity contribution in [1.29, 1.82) is 5.26 Å². The van der Waals surface area contributed by atoms with Crippen LogP contribution in [-0.4, -0.2) is 50.1 Å². The molecule has 37 heavy (non-hydrogen) atoms. The molecule has 0 saturated heterocycles. The average molecular weight is 543 g/mol. The largest absolute Gasteiger partial charge is 0.490 e. The maximum Gasteiger partial charge on any atom is 0.268 e. The quantitative estimate of drug-likeness (QED) is 0.155. The van der Waals surface area contributed by atoms with Gasteiger partial charge in [-0.05, 0) is 49.2 Å². The van der Waals surface area contributed by atoms with Crippen molar-refractivity contribution in [2.75, 3.05) is 30.9 Å². The van der Waals surface area contributed by atoms with E-state index < -0.39 is 15.7 Å². The maximum absolute atomic E-state index is 12.6. The Morgan fingerprint density at radius 2 is 1.78 bits per heavy atom. The molecule has 0 saturated carbocycles. The minimum atomic E-state index is -3.55. The number of para-hydroxylation sites is 1. The molecule has 1 heterocycles. The zero-order valence-electron chi connectivity index (χ0n) is 20.6. The van der Waals surface area contributed by atoms with Crippen molar-refractivity contribution in [3.05, 3.63) is 59.2 Å². The second-order valence-electron chi connectivity index (χ2n) is 7.50. The van der Waals surface area contributed by atoms with E-state index in [1.54, 1.807) is 18.2 Å². The zero-order chi connectivity index (χ0) is 26.8. The fraction of sp³-hybridized carbons (Fsp3) is 0.280. The normalized spacial score (nSPS) is 11.5. The van der Waals surface area contributed by atoms with Gasteiger partial charge in [-0.1, -0.05) is 42.5 Å². The van der Waals surface area contributed by atoms with E-state index in [-0.39, 0.29) is 27.4 Å². The van der Waals surface area contributed by atoms with Gasteiger partial charge in [-0.2, -0.15) is 5.26 Å². The maximum atomic E-state index is 12.6. The Balaban J connectivity index is 1.68. The number of carbonyl (C=O) groups is 1. The molecule has 10 nitrogen and oxygen atoms in total. The van der Waals surface area contributed by atoms with Crippen LogP contribution in [0.2, 0.25) is 0 Å². The van der Waals surface area contributed by atoms with Crippen LogP contribution in [0.3, 0.4) is 0 Å². The van der Waals surface area contributed by atoms with Gasteiger partial charge in [-0.25, -0.2) is 8.42 Å². The highest BCUT2D eigenvalue weighted by molar-refractivity contribution is 7.93. The molecule has 1 N–H and O–H groups in total. The van der Waals surface area contributed by atoms with E-state index in [1.165, 1.54) is 13.0 Å². The molecule has 1 amide bonds. The first-order chi connectivity index (χ1) is 17.8. The monoisotopic (exact) mass is 542 g/mol. The van der Waals surface area contributed by atoms with Gasteiger partial charge in [0.25, 0.3) is 5.91 Å². The van der Waals surface area contributed by atoms with Gasteiger partial charge in [0.1, 0.15) is 30.6 Å². The molecule has 0 spiro atoms. The number of amides is 1. The highest BCUT2D eigenvalue weighted by Gasteiger charge is 2.20. The minimum Gasteiger partial charge on any atom is -0.490 e. The first-order valence-corrected chi connectivity index (χ1v) is 13.8. The third kappa shape index (κ3) is 7.52. The fourth-order valence-electron chi connectivity index (χ4n) is 3.01. The molecule has 1 aromatic heterocycles. The zero-order valence-corrected chi connectivity index (χ0v) is 22.2. The van der Waals surface area contributed by atoms with Crippen LogP contribution in [0.5, 0.6) is 17.2 Å². The van der Waals surface area contributed by atoms with E-state index in [9.17, 15) is 18.5 Å². The lowest BCUT2D eigenvalue weighted by atomic mass is 10.1. The number of nitrogens with zero attached hydrogens (tertiary/aromatic N) is 3. The molecule has 0 atom stereocenters. The molecule has 3 aromatic rings. The van der Waals surface area contributed by atoms with Crippen LogP contribution in [0, 0.1) is 18.3 Å². The highest BCUT2D eigenvalue weighted by atomic mass is 32.2. The number of hydrogen-bond acceptors (Lipinski definition) is 10. The number of aromatic nitrogens is 2. The SMILES string of the molecule is CCOc1cc(C=C(C#N)C(=O)Nc2nnc(S(=O)(=O)CC)s2)ccc1OCCOc1ccccc1C. The number of sulfone groups is 1. The van der Waals surface area contributed by atoms with Gasteiger partial charge < -0.3 is 14.2 Å². The lowest BCUT2D eigenvalue weighted by molar-refractivity contribution is -0.112. The summed E-state index contributed by atoms with van der Waals surface area (Å²) < 4.78 is 40.9. The first kappa shape index (κ1) is 27.6. The van der Waals surface area contributed by atoms with Crippen LogP contribution in [0.1, 0.15) is 25.0 Å². The van der Waals surface area contributed by atoms with Crippen molar-refractivity contribution < 1.29 is 27.4 Å². The molecular formula is C25H26N4O6S2. The molecule has 0 aliphatic carbocycles. The number of nitrogens with one attached hydrogen (secondary N) is 1. The number of nitriles is 1. The summed E-state index contributed by atoms with van der Waals surface area (Å²) in [4.78, 5) is 12.6. The Bertz CT molecular complexity index is 1430. The summed E-state index contributed by atoms with van der Waals surface area (Å²) in [5.41, 5.74) is 1.35. The van der Waals surface area contributed by atoms with Crippen molar-refractivity contribution >= 4 is 38.3 Å². The first-order valence-electron chi connectivity index (χ1n) is 11.3. The van der Waals surface area contributed by atoms with E-state index in [0.717, 1.165) is 22.6 Å². The number of ether oxygens (including phenoxy) is 3. The van der Waals surface area contributed by atoms with Gasteiger partial charge >= 0.3 is 0 Å². The van der Waals surface area contributed by atoms with Gasteiger partial charge in [0.2, 0.25) is 19.3 Å². The Morgan fingerprint density at radius 1 is 1.05 bits per heavy atom. The second kappa shape index (κ2) is 12.8. The Kier molecular flexibility index (Phi) is 9.59. The van der Waals surface area contributed by atoms with Crippen molar-refractivity contribution in [2.24, 2.45) is 0 Å². The molecule has 0 bridgehead atoms. The third-order valence-electron chi connectivity index (χ3n) is 4.91. The molecule has 0 fully saturated rings. The molecule has 0 aliphatic heterocycles. The molecule has 3 rings (SSSR count). The number of anilines is 1. The minimum absolute atomic E-state index is 0.0233. The summed E-state index contributed by atoms with van der Waals surface area (Å²) in [5, 5.41) is 19.2. The number of rotatable bonds is 12. The van der Waals surface area contributed by atoms with Gasteiger partial charge in [0.15, 0.2) is 11.5 Å². The summed E-state index contributed by atoms with van der Waals surface area (Å²) in [5.74, 6) is 0.846. The van der Waals surface area contributed by atoms with Gasteiger partial charge in [0, 0.05) is 0 Å². The van der Waals surface area contributed by atoms with E-state index in [0.29, 0.717) is 30.3 Å². The summed E-state index contributed by atoms with van der Waals surface area (Å²) in [6, 6.07) is 14.6. The number of carbonyl (C=O) groups excluding carboxylic acids is 1. The van der Waals surface area contributed by atoms with E-state index in [1.807, 2.05) is 44.2 Å². The fourth-order valence-corrected chi connectivity index (χ4v) is 5.00. The summed E-state index contributed by atoms with van der Waals surface area (Å²) >= 11 is 0.721. The van der Waals surface area contributed by atoms with Gasteiger partial charge in [0.05, 0.1) is 12.4 Å². The Morgan fingerprint density at radius 3 is 2.46 bits per heavy atom. The predicted molar refractivity (Wildman–Crippen MR) is 140 cm³/mol. The average Bonchev–Trinajstić information content (AvgIpc) is 3.36. The molecule has 194 valence electrons. The van der Waals surface area contributed by atoms with Crippen molar-refractivity contribution in [2.45, 2.75) is 25.1 Å². The Labute approximate surface area is 219 Å². The van der Waals surface area contributed by atoms with Crippen molar-refractivity contribution in [3.63, 3.8) is 0 Å². The molecular weight excluding hydrogens is 516 g/mol. The topological polar surface area (TPSA) is 140 Å². The lowest BCUT2D eigenvalue weighted by Gasteiger charge is -2.14. The van der Waals surface area contributed by atoms with Crippen LogP contribution in [0.25, 0.3) is 6.08 Å². The number of aryl methyl sites for hydroxylation is 1. The van der Waals surface area contributed by atoms with E-state index in [2.05, 4.69) is 15.5 Å². The van der Waals surface area contributed by atoms with Crippen LogP contribution in [0.15, 0.2) is 52.4 Å². The smallest absolute Gasteiger partial charge is 0.268 e. The van der Waals surface area contributed by atoms with Crippen LogP contribution in [0.4, 0.5) is 5.13 Å². The molecule has 0 radical (unpaired) electrons. The van der Waals surface area contributed by atoms with Gasteiger partial charge in [-0.15, -0.1) is 10.2 Å². The molecule has 12 heteroatoms. The lowest BCUT2D eigenvalue weighted by Crippen LogP contribution is -2.13. The van der Waals surface area contributed by atoms with Crippen LogP contribution >= 0.6 is 11.3 Å². The standard InChI is InChI=1S/C25H26N4O6S2/c1-4-33-22-15-18(10-11-21(22)35-13-12-34-20-9-7-6-8-17(20)3)14-19(16-26)23(30)27-24-28-29-25(36-24)37(31,32)5-2/h6-11,14-15H,4-5,12-13H2,1-3H3,(H,27,28,30). The number of hydrogen-bond donors (Lipinski definition) is 1.